The molecule has 1 aliphatic carbocycles. The van der Waals surface area contributed by atoms with Crippen LogP contribution in [0, 0.1) is 12.7 Å². The lowest BCUT2D eigenvalue weighted by Gasteiger charge is -2.35. The van der Waals surface area contributed by atoms with Crippen molar-refractivity contribution in [3.05, 3.63) is 29.6 Å². The topological polar surface area (TPSA) is 53.0 Å². The van der Waals surface area contributed by atoms with E-state index in [0.717, 1.165) is 19.4 Å². The summed E-state index contributed by atoms with van der Waals surface area (Å²) in [5, 5.41) is 11.3. The van der Waals surface area contributed by atoms with E-state index in [9.17, 15) is 14.3 Å². The Hall–Kier alpha value is -1.66. The summed E-state index contributed by atoms with van der Waals surface area (Å²) in [4.78, 5) is 16.0. The first-order chi connectivity index (χ1) is 12.4. The Morgan fingerprint density at radius 1 is 1.31 bits per heavy atom. The summed E-state index contributed by atoms with van der Waals surface area (Å²) in [6.45, 7) is 5.45. The molecule has 1 aromatic carbocycles. The van der Waals surface area contributed by atoms with Gasteiger partial charge in [0.25, 0.3) is 0 Å². The fraction of sp³-hybridized carbons (Fsp3) is 0.650. The summed E-state index contributed by atoms with van der Waals surface area (Å²) in [6.07, 6.45) is 4.74. The van der Waals surface area contributed by atoms with E-state index in [2.05, 4.69) is 4.90 Å². The van der Waals surface area contributed by atoms with Gasteiger partial charge in [0, 0.05) is 32.6 Å². The number of rotatable bonds is 4. The number of amides is 1. The number of aryl methyl sites for hydroxylation is 1. The van der Waals surface area contributed by atoms with Crippen molar-refractivity contribution in [3.8, 4) is 5.75 Å². The zero-order valence-corrected chi connectivity index (χ0v) is 15.7. The summed E-state index contributed by atoms with van der Waals surface area (Å²) < 4.78 is 19.2. The van der Waals surface area contributed by atoms with Crippen molar-refractivity contribution in [1.82, 2.24) is 9.80 Å². The lowest BCUT2D eigenvalue weighted by Crippen LogP contribution is -2.53. The minimum atomic E-state index is -1.15. The minimum Gasteiger partial charge on any atom is -0.490 e. The van der Waals surface area contributed by atoms with E-state index in [1.807, 2.05) is 0 Å². The van der Waals surface area contributed by atoms with Crippen molar-refractivity contribution in [2.75, 3.05) is 32.8 Å². The second kappa shape index (κ2) is 7.92. The van der Waals surface area contributed by atoms with Gasteiger partial charge in [-0.15, -0.1) is 0 Å². The van der Waals surface area contributed by atoms with Crippen LogP contribution in [0.25, 0.3) is 0 Å². The molecule has 5 nitrogen and oxygen atoms in total. The van der Waals surface area contributed by atoms with Gasteiger partial charge in [0.15, 0.2) is 0 Å². The number of nitrogens with zero attached hydrogens (tertiary/aromatic N) is 2. The second-order valence-electron chi connectivity index (χ2n) is 7.77. The van der Waals surface area contributed by atoms with Gasteiger partial charge >= 0.3 is 0 Å². The van der Waals surface area contributed by atoms with Crippen molar-refractivity contribution < 1.29 is 19.0 Å². The highest BCUT2D eigenvalue weighted by molar-refractivity contribution is 5.73. The highest BCUT2D eigenvalue weighted by Gasteiger charge is 2.39. The van der Waals surface area contributed by atoms with Crippen LogP contribution in [0.4, 0.5) is 4.39 Å². The summed E-state index contributed by atoms with van der Waals surface area (Å²) >= 11 is 0. The van der Waals surface area contributed by atoms with Crippen LogP contribution in [0.5, 0.6) is 5.75 Å². The number of hydrogen-bond acceptors (Lipinski definition) is 4. The molecule has 1 N–H and O–H groups in total. The molecule has 1 saturated carbocycles. The zero-order valence-electron chi connectivity index (χ0n) is 15.7. The third-order valence-electron chi connectivity index (χ3n) is 5.56. The SMILES string of the molecule is CC(=O)N1CCN(C2CCCC2)C[C@](O)(COc2ccc(F)c(C)c2)C1. The molecule has 1 amide bonds. The molecule has 0 bridgehead atoms. The molecule has 1 aromatic rings. The monoisotopic (exact) mass is 364 g/mol. The second-order valence-corrected chi connectivity index (χ2v) is 7.77. The third kappa shape index (κ3) is 4.54. The molecule has 1 heterocycles. The van der Waals surface area contributed by atoms with Gasteiger partial charge in [-0.25, -0.2) is 4.39 Å². The molecule has 144 valence electrons. The zero-order chi connectivity index (χ0) is 18.7. The fourth-order valence-corrected chi connectivity index (χ4v) is 4.06. The number of carbonyl (C=O) groups excluding carboxylic acids is 1. The molecule has 2 aliphatic rings. The lowest BCUT2D eigenvalue weighted by atomic mass is 10.0. The molecule has 26 heavy (non-hydrogen) atoms. The predicted octanol–water partition coefficient (Wildman–Crippen LogP) is 2.35. The van der Waals surface area contributed by atoms with Crippen LogP contribution in [0.1, 0.15) is 38.2 Å². The van der Waals surface area contributed by atoms with E-state index in [1.165, 1.54) is 25.8 Å². The number of β-amino-alcohol motifs (C(OH)–C–C–N with tert-alkyl or cyclic N) is 1. The summed E-state index contributed by atoms with van der Waals surface area (Å²) in [5.74, 6) is 0.221. The van der Waals surface area contributed by atoms with E-state index in [-0.39, 0.29) is 24.9 Å². The smallest absolute Gasteiger partial charge is 0.219 e. The number of ether oxygens (including phenoxy) is 1. The molecule has 2 fully saturated rings. The van der Waals surface area contributed by atoms with Gasteiger partial charge in [-0.3, -0.25) is 9.69 Å². The third-order valence-corrected chi connectivity index (χ3v) is 5.56. The molecule has 6 heteroatoms. The Morgan fingerprint density at radius 3 is 2.69 bits per heavy atom. The Bertz CT molecular complexity index is 648. The molecule has 1 atom stereocenters. The highest BCUT2D eigenvalue weighted by atomic mass is 19.1. The highest BCUT2D eigenvalue weighted by Crippen LogP contribution is 2.27. The fourth-order valence-electron chi connectivity index (χ4n) is 4.06. The van der Waals surface area contributed by atoms with Gasteiger partial charge in [0.2, 0.25) is 5.91 Å². The maximum Gasteiger partial charge on any atom is 0.219 e. The van der Waals surface area contributed by atoms with Crippen LogP contribution >= 0.6 is 0 Å². The number of benzene rings is 1. The maximum absolute atomic E-state index is 13.4. The van der Waals surface area contributed by atoms with E-state index >= 15 is 0 Å². The van der Waals surface area contributed by atoms with E-state index in [0.29, 0.717) is 30.4 Å². The van der Waals surface area contributed by atoms with Gasteiger partial charge in [0.1, 0.15) is 23.8 Å². The summed E-state index contributed by atoms with van der Waals surface area (Å²) in [7, 11) is 0. The van der Waals surface area contributed by atoms with Crippen molar-refractivity contribution in [1.29, 1.82) is 0 Å². The van der Waals surface area contributed by atoms with Crippen molar-refractivity contribution in [2.24, 2.45) is 0 Å². The van der Waals surface area contributed by atoms with Crippen LogP contribution in [0.15, 0.2) is 18.2 Å². The normalized spacial score (nSPS) is 25.3. The molecule has 1 saturated heterocycles. The van der Waals surface area contributed by atoms with Crippen LogP contribution < -0.4 is 4.74 Å². The molecule has 0 radical (unpaired) electrons. The van der Waals surface area contributed by atoms with Crippen molar-refractivity contribution >= 4 is 5.91 Å². The standard InChI is InChI=1S/C20H29FN2O3/c1-15-11-18(7-8-19(15)21)26-14-20(25)12-22(16(2)24)9-10-23(13-20)17-5-3-4-6-17/h7-8,11,17,25H,3-6,9-10,12-14H2,1-2H3/t20-/m0/s1. The van der Waals surface area contributed by atoms with Gasteiger partial charge in [-0.1, -0.05) is 12.8 Å². The van der Waals surface area contributed by atoms with E-state index in [4.69, 9.17) is 4.74 Å². The number of aliphatic hydroxyl groups is 1. The van der Waals surface area contributed by atoms with E-state index < -0.39 is 5.60 Å². The summed E-state index contributed by atoms with van der Waals surface area (Å²) in [6, 6.07) is 5.04. The Kier molecular flexibility index (Phi) is 5.82. The molecular weight excluding hydrogens is 335 g/mol. The van der Waals surface area contributed by atoms with Crippen LogP contribution in [0.2, 0.25) is 0 Å². The molecule has 3 rings (SSSR count). The van der Waals surface area contributed by atoms with Gasteiger partial charge in [-0.05, 0) is 43.5 Å². The average Bonchev–Trinajstić information content (AvgIpc) is 3.07. The van der Waals surface area contributed by atoms with Crippen molar-refractivity contribution in [2.45, 2.75) is 51.2 Å². The molecule has 0 aromatic heterocycles. The Labute approximate surface area is 154 Å². The van der Waals surface area contributed by atoms with Crippen LogP contribution in [-0.4, -0.2) is 65.2 Å². The molecule has 0 spiro atoms. The van der Waals surface area contributed by atoms with Crippen LogP contribution in [-0.2, 0) is 4.79 Å². The number of carbonyl (C=O) groups is 1. The maximum atomic E-state index is 13.4. The first-order valence-electron chi connectivity index (χ1n) is 9.47. The van der Waals surface area contributed by atoms with Crippen LogP contribution in [0.3, 0.4) is 0 Å². The van der Waals surface area contributed by atoms with Gasteiger partial charge in [0.05, 0.1) is 6.54 Å². The number of hydrogen-bond donors (Lipinski definition) is 1. The number of halogens is 1. The lowest BCUT2D eigenvalue weighted by molar-refractivity contribution is -0.132. The summed E-state index contributed by atoms with van der Waals surface area (Å²) in [5.41, 5.74) is -0.638. The molecule has 0 unspecified atom stereocenters. The van der Waals surface area contributed by atoms with E-state index in [1.54, 1.807) is 24.0 Å². The minimum absolute atomic E-state index is 0.0330. The quantitative estimate of drug-likeness (QED) is 0.891. The first kappa shape index (κ1) is 19.1. The Morgan fingerprint density at radius 2 is 2.04 bits per heavy atom. The first-order valence-corrected chi connectivity index (χ1v) is 9.47. The van der Waals surface area contributed by atoms with Gasteiger partial charge in [-0.2, -0.15) is 0 Å². The van der Waals surface area contributed by atoms with Crippen molar-refractivity contribution in [3.63, 3.8) is 0 Å². The largest absolute Gasteiger partial charge is 0.490 e. The predicted molar refractivity (Wildman–Crippen MR) is 97.7 cm³/mol. The molecular formula is C20H29FN2O3. The van der Waals surface area contributed by atoms with Gasteiger partial charge < -0.3 is 14.7 Å². The Balaban J connectivity index is 1.72. The average molecular weight is 364 g/mol. The molecule has 1 aliphatic heterocycles.